The first-order chi connectivity index (χ1) is 5.56. The summed E-state index contributed by atoms with van der Waals surface area (Å²) in [7, 11) is 0. The van der Waals surface area contributed by atoms with E-state index in [0.717, 1.165) is 24.0 Å². The maximum Gasteiger partial charge on any atom is 0.167 e. The maximum atomic E-state index is 11.3. The van der Waals surface area contributed by atoms with Crippen molar-refractivity contribution >= 4 is 6.21 Å². The molecule has 0 aromatic carbocycles. The molecule has 1 rings (SSSR count). The van der Waals surface area contributed by atoms with Gasteiger partial charge in [-0.2, -0.15) is 0 Å². The lowest BCUT2D eigenvalue weighted by atomic mass is 9.93. The molecule has 1 aliphatic rings. The number of hydrogen-bond donors (Lipinski definition) is 1. The van der Waals surface area contributed by atoms with Crippen molar-refractivity contribution in [1.82, 2.24) is 0 Å². The van der Waals surface area contributed by atoms with E-state index in [-0.39, 0.29) is 12.1 Å². The molecule has 3 nitrogen and oxygen atoms in total. The Labute approximate surface area is 73.3 Å². The minimum Gasteiger partial charge on any atom is -0.624 e. The number of aliphatic hydroxyl groups is 1. The molecule has 12 heavy (non-hydrogen) atoms. The van der Waals surface area contributed by atoms with Gasteiger partial charge in [0.15, 0.2) is 11.8 Å². The van der Waals surface area contributed by atoms with Gasteiger partial charge in [-0.25, -0.2) is 4.74 Å². The van der Waals surface area contributed by atoms with Crippen LogP contribution in [0.3, 0.4) is 0 Å². The fourth-order valence-electron chi connectivity index (χ4n) is 1.71. The van der Waals surface area contributed by atoms with Gasteiger partial charge in [-0.3, -0.25) is 0 Å². The van der Waals surface area contributed by atoms with E-state index < -0.39 is 0 Å². The fraction of sp³-hybridized carbons (Fsp3) is 0.889. The van der Waals surface area contributed by atoms with Gasteiger partial charge in [0.25, 0.3) is 0 Å². The summed E-state index contributed by atoms with van der Waals surface area (Å²) in [5.41, 5.74) is -0.236. The molecule has 1 aliphatic heterocycles. The SMILES string of the molecule is CC1(C)CC(CCCO)C=[N+]1[O-]. The standard InChI is InChI=1S/C9H17NO2/c1-9(2)6-8(4-3-5-11)7-10(9)12/h7-8,11H,3-6H2,1-2H3. The Balaban J connectivity index is 2.44. The highest BCUT2D eigenvalue weighted by molar-refractivity contribution is 5.57. The summed E-state index contributed by atoms with van der Waals surface area (Å²) in [6.45, 7) is 4.13. The van der Waals surface area contributed by atoms with Crippen LogP contribution in [0, 0.1) is 11.1 Å². The van der Waals surface area contributed by atoms with Crippen LogP contribution < -0.4 is 0 Å². The molecule has 0 aromatic rings. The summed E-state index contributed by atoms with van der Waals surface area (Å²) in [6.07, 6.45) is 4.38. The highest BCUT2D eigenvalue weighted by Crippen LogP contribution is 2.27. The molecule has 1 N–H and O–H groups in total. The number of aliphatic hydroxyl groups excluding tert-OH is 1. The summed E-state index contributed by atoms with van der Waals surface area (Å²) in [4.78, 5) is 0. The Kier molecular flexibility index (Phi) is 2.73. The molecule has 1 atom stereocenters. The minimum atomic E-state index is -0.236. The van der Waals surface area contributed by atoms with Gasteiger partial charge in [0.05, 0.1) is 0 Å². The van der Waals surface area contributed by atoms with Gasteiger partial charge in [-0.05, 0) is 12.8 Å². The van der Waals surface area contributed by atoms with Crippen LogP contribution in [0.2, 0.25) is 0 Å². The zero-order valence-corrected chi connectivity index (χ0v) is 7.79. The molecule has 1 heterocycles. The quantitative estimate of drug-likeness (QED) is 0.511. The van der Waals surface area contributed by atoms with Gasteiger partial charge in [-0.1, -0.05) is 0 Å². The van der Waals surface area contributed by atoms with Gasteiger partial charge in [0, 0.05) is 32.8 Å². The van der Waals surface area contributed by atoms with Crippen LogP contribution in [0.25, 0.3) is 0 Å². The van der Waals surface area contributed by atoms with E-state index in [1.54, 1.807) is 6.21 Å². The van der Waals surface area contributed by atoms with E-state index in [2.05, 4.69) is 0 Å². The van der Waals surface area contributed by atoms with Gasteiger partial charge in [0.1, 0.15) is 0 Å². The van der Waals surface area contributed by atoms with Crippen LogP contribution in [-0.2, 0) is 0 Å². The van der Waals surface area contributed by atoms with Gasteiger partial charge >= 0.3 is 0 Å². The lowest BCUT2D eigenvalue weighted by Gasteiger charge is -2.17. The van der Waals surface area contributed by atoms with Crippen LogP contribution in [0.4, 0.5) is 0 Å². The first-order valence-corrected chi connectivity index (χ1v) is 4.48. The first kappa shape index (κ1) is 9.52. The summed E-state index contributed by atoms with van der Waals surface area (Å²) in [5.74, 6) is 0.365. The Morgan fingerprint density at radius 2 is 2.33 bits per heavy atom. The zero-order valence-electron chi connectivity index (χ0n) is 7.79. The van der Waals surface area contributed by atoms with Crippen LogP contribution in [0.15, 0.2) is 0 Å². The lowest BCUT2D eigenvalue weighted by Crippen LogP contribution is -2.27. The molecule has 0 saturated carbocycles. The number of hydrogen-bond acceptors (Lipinski definition) is 2. The van der Waals surface area contributed by atoms with Crippen molar-refractivity contribution in [3.8, 4) is 0 Å². The van der Waals surface area contributed by atoms with Crippen molar-refractivity contribution in [1.29, 1.82) is 0 Å². The second kappa shape index (κ2) is 3.44. The van der Waals surface area contributed by atoms with E-state index >= 15 is 0 Å². The first-order valence-electron chi connectivity index (χ1n) is 4.48. The molecule has 1 unspecified atom stereocenters. The molecule has 70 valence electrons. The maximum absolute atomic E-state index is 11.3. The van der Waals surface area contributed by atoms with Crippen molar-refractivity contribution in [2.24, 2.45) is 5.92 Å². The average Bonchev–Trinajstić information content (AvgIpc) is 2.22. The van der Waals surface area contributed by atoms with E-state index in [0.29, 0.717) is 5.92 Å². The Bertz CT molecular complexity index is 187. The van der Waals surface area contributed by atoms with Crippen molar-refractivity contribution in [3.63, 3.8) is 0 Å². The third-order valence-electron chi connectivity index (χ3n) is 2.44. The molecule has 0 spiro atoms. The fourth-order valence-corrected chi connectivity index (χ4v) is 1.71. The third-order valence-corrected chi connectivity index (χ3v) is 2.44. The summed E-state index contributed by atoms with van der Waals surface area (Å²) in [6, 6.07) is 0. The van der Waals surface area contributed by atoms with E-state index in [4.69, 9.17) is 5.11 Å². The number of nitrogens with zero attached hydrogens (tertiary/aromatic N) is 1. The molecule has 0 bridgehead atoms. The average molecular weight is 171 g/mol. The Morgan fingerprint density at radius 3 is 2.75 bits per heavy atom. The normalized spacial score (nSPS) is 27.2. The van der Waals surface area contributed by atoms with Crippen molar-refractivity contribution < 1.29 is 9.85 Å². The highest BCUT2D eigenvalue weighted by atomic mass is 16.5. The molecule has 0 fully saturated rings. The predicted octanol–water partition coefficient (Wildman–Crippen LogP) is 1.14. The smallest absolute Gasteiger partial charge is 0.167 e. The molecule has 0 aliphatic carbocycles. The molecule has 3 heteroatoms. The number of rotatable bonds is 3. The van der Waals surface area contributed by atoms with Crippen LogP contribution >= 0.6 is 0 Å². The van der Waals surface area contributed by atoms with Crippen LogP contribution in [0.1, 0.15) is 33.1 Å². The lowest BCUT2D eigenvalue weighted by molar-refractivity contribution is -0.527. The van der Waals surface area contributed by atoms with Crippen LogP contribution in [-0.4, -0.2) is 28.2 Å². The third kappa shape index (κ3) is 1.97. The van der Waals surface area contributed by atoms with E-state index in [1.165, 1.54) is 0 Å². The largest absolute Gasteiger partial charge is 0.624 e. The molecule has 0 aromatic heterocycles. The molecule has 0 amide bonds. The van der Waals surface area contributed by atoms with E-state index in [9.17, 15) is 5.21 Å². The summed E-state index contributed by atoms with van der Waals surface area (Å²) < 4.78 is 1.05. The molecular formula is C9H17NO2. The summed E-state index contributed by atoms with van der Waals surface area (Å²) >= 11 is 0. The van der Waals surface area contributed by atoms with Gasteiger partial charge in [0.2, 0.25) is 0 Å². The van der Waals surface area contributed by atoms with Crippen molar-refractivity contribution in [2.45, 2.75) is 38.6 Å². The molecule has 0 radical (unpaired) electrons. The second-order valence-corrected chi connectivity index (χ2v) is 4.12. The van der Waals surface area contributed by atoms with E-state index in [1.807, 2.05) is 13.8 Å². The summed E-state index contributed by atoms with van der Waals surface area (Å²) in [5, 5.41) is 19.9. The predicted molar refractivity (Wildman–Crippen MR) is 48.2 cm³/mol. The zero-order chi connectivity index (χ0) is 9.19. The topological polar surface area (TPSA) is 46.3 Å². The molecular weight excluding hydrogens is 154 g/mol. The van der Waals surface area contributed by atoms with Gasteiger partial charge < -0.3 is 10.3 Å². The monoisotopic (exact) mass is 171 g/mol. The number of hydroxylamine groups is 1. The highest BCUT2D eigenvalue weighted by Gasteiger charge is 2.36. The Morgan fingerprint density at radius 1 is 1.67 bits per heavy atom. The minimum absolute atomic E-state index is 0.226. The van der Waals surface area contributed by atoms with Gasteiger partial charge in [-0.15, -0.1) is 0 Å². The Hall–Kier alpha value is -0.570. The molecule has 0 saturated heterocycles. The van der Waals surface area contributed by atoms with Crippen molar-refractivity contribution in [3.05, 3.63) is 5.21 Å². The van der Waals surface area contributed by atoms with Crippen LogP contribution in [0.5, 0.6) is 0 Å². The van der Waals surface area contributed by atoms with Crippen molar-refractivity contribution in [2.75, 3.05) is 6.61 Å². The second-order valence-electron chi connectivity index (χ2n) is 4.12.